The summed E-state index contributed by atoms with van der Waals surface area (Å²) in [7, 11) is 1.63. The van der Waals surface area contributed by atoms with Crippen molar-refractivity contribution in [2.24, 2.45) is 5.73 Å². The number of rotatable bonds is 7. The number of carbonyl (C=O) groups excluding carboxylic acids is 1. The minimum absolute atomic E-state index is 0.0840. The maximum atomic E-state index is 11.7. The molecule has 0 aromatic heterocycles. The van der Waals surface area contributed by atoms with E-state index in [1.54, 1.807) is 7.11 Å². The molecule has 3 N–H and O–H groups in total. The molecule has 0 radical (unpaired) electrons. The lowest BCUT2D eigenvalue weighted by Crippen LogP contribution is -2.40. The van der Waals surface area contributed by atoms with Crippen molar-refractivity contribution in [3.05, 3.63) is 29.8 Å². The van der Waals surface area contributed by atoms with Gasteiger partial charge < -0.3 is 15.8 Å². The van der Waals surface area contributed by atoms with E-state index in [0.717, 1.165) is 30.6 Å². The first-order valence-electron chi connectivity index (χ1n) is 6.33. The molecule has 0 bridgehead atoms. The maximum absolute atomic E-state index is 11.7. The highest BCUT2D eigenvalue weighted by Crippen LogP contribution is 2.11. The molecule has 4 nitrogen and oxygen atoms in total. The molecule has 1 atom stereocenters. The van der Waals surface area contributed by atoms with Gasteiger partial charge in [-0.3, -0.25) is 4.79 Å². The minimum atomic E-state index is -0.400. The first kappa shape index (κ1) is 14.5. The molecule has 1 aromatic carbocycles. The van der Waals surface area contributed by atoms with Gasteiger partial charge in [-0.25, -0.2) is 0 Å². The molecular formula is C14H22N2O2. The van der Waals surface area contributed by atoms with Crippen LogP contribution in [0.5, 0.6) is 5.75 Å². The number of hydrogen-bond acceptors (Lipinski definition) is 3. The minimum Gasteiger partial charge on any atom is -0.497 e. The Morgan fingerprint density at radius 2 is 2.06 bits per heavy atom. The van der Waals surface area contributed by atoms with Crippen molar-refractivity contribution in [2.45, 2.75) is 38.8 Å². The van der Waals surface area contributed by atoms with Crippen LogP contribution in [0.4, 0.5) is 0 Å². The number of nitrogens with two attached hydrogens (primary N) is 1. The van der Waals surface area contributed by atoms with Crippen molar-refractivity contribution in [3.8, 4) is 5.75 Å². The van der Waals surface area contributed by atoms with Gasteiger partial charge in [-0.2, -0.15) is 0 Å². The van der Waals surface area contributed by atoms with Crippen LogP contribution in [0.3, 0.4) is 0 Å². The average Bonchev–Trinajstić information content (AvgIpc) is 2.42. The van der Waals surface area contributed by atoms with Crippen molar-refractivity contribution in [3.63, 3.8) is 0 Å². The number of unbranched alkanes of at least 4 members (excludes halogenated alkanes) is 1. The number of carbonyl (C=O) groups is 1. The smallest absolute Gasteiger partial charge is 0.237 e. The Kier molecular flexibility index (Phi) is 6.22. The second kappa shape index (κ2) is 7.71. The fourth-order valence-electron chi connectivity index (χ4n) is 1.62. The number of benzene rings is 1. The van der Waals surface area contributed by atoms with Crippen LogP contribution in [0.2, 0.25) is 0 Å². The highest BCUT2D eigenvalue weighted by Gasteiger charge is 2.11. The van der Waals surface area contributed by atoms with E-state index in [4.69, 9.17) is 10.5 Å². The molecule has 0 saturated heterocycles. The van der Waals surface area contributed by atoms with Crippen molar-refractivity contribution in [1.29, 1.82) is 0 Å². The van der Waals surface area contributed by atoms with E-state index in [1.165, 1.54) is 0 Å². The quantitative estimate of drug-likeness (QED) is 0.776. The zero-order chi connectivity index (χ0) is 13.4. The second-order valence-corrected chi connectivity index (χ2v) is 4.31. The Labute approximate surface area is 109 Å². The van der Waals surface area contributed by atoms with Crippen molar-refractivity contribution in [2.75, 3.05) is 7.11 Å². The lowest BCUT2D eigenvalue weighted by atomic mass is 10.1. The SMILES string of the molecule is CCCC[C@H](N)C(=O)NCc1ccc(OC)cc1. The molecule has 18 heavy (non-hydrogen) atoms. The van der Waals surface area contributed by atoms with Crippen LogP contribution >= 0.6 is 0 Å². The Hall–Kier alpha value is -1.55. The Morgan fingerprint density at radius 3 is 2.61 bits per heavy atom. The van der Waals surface area contributed by atoms with E-state index >= 15 is 0 Å². The summed E-state index contributed by atoms with van der Waals surface area (Å²) in [6, 6.07) is 7.20. The number of ether oxygens (including phenoxy) is 1. The standard InChI is InChI=1S/C14H22N2O2/c1-3-4-5-13(15)14(17)16-10-11-6-8-12(18-2)9-7-11/h6-9,13H,3-5,10,15H2,1-2H3,(H,16,17)/t13-/m0/s1. The molecule has 0 aliphatic rings. The fraction of sp³-hybridized carbons (Fsp3) is 0.500. The van der Waals surface area contributed by atoms with Gasteiger partial charge in [0, 0.05) is 6.54 Å². The van der Waals surface area contributed by atoms with E-state index < -0.39 is 6.04 Å². The molecule has 1 amide bonds. The van der Waals surface area contributed by atoms with E-state index in [1.807, 2.05) is 24.3 Å². The Balaban J connectivity index is 2.37. The summed E-state index contributed by atoms with van der Waals surface area (Å²) >= 11 is 0. The summed E-state index contributed by atoms with van der Waals surface area (Å²) in [6.07, 6.45) is 2.78. The third-order valence-electron chi connectivity index (χ3n) is 2.83. The lowest BCUT2D eigenvalue weighted by Gasteiger charge is -2.11. The second-order valence-electron chi connectivity index (χ2n) is 4.31. The van der Waals surface area contributed by atoms with E-state index in [9.17, 15) is 4.79 Å². The van der Waals surface area contributed by atoms with Crippen LogP contribution in [0.25, 0.3) is 0 Å². The van der Waals surface area contributed by atoms with Crippen molar-refractivity contribution in [1.82, 2.24) is 5.32 Å². The normalized spacial score (nSPS) is 11.9. The zero-order valence-electron chi connectivity index (χ0n) is 11.1. The molecular weight excluding hydrogens is 228 g/mol. The van der Waals surface area contributed by atoms with Gasteiger partial charge in [-0.1, -0.05) is 31.9 Å². The number of nitrogens with one attached hydrogen (secondary N) is 1. The predicted molar refractivity (Wildman–Crippen MR) is 72.3 cm³/mol. The topological polar surface area (TPSA) is 64.4 Å². The highest BCUT2D eigenvalue weighted by molar-refractivity contribution is 5.81. The van der Waals surface area contributed by atoms with Crippen molar-refractivity contribution < 1.29 is 9.53 Å². The summed E-state index contributed by atoms with van der Waals surface area (Å²) in [5.41, 5.74) is 6.82. The van der Waals surface area contributed by atoms with Crippen molar-refractivity contribution >= 4 is 5.91 Å². The van der Waals surface area contributed by atoms with Gasteiger partial charge in [0.15, 0.2) is 0 Å². The van der Waals surface area contributed by atoms with Gasteiger partial charge in [0.05, 0.1) is 13.2 Å². The summed E-state index contributed by atoms with van der Waals surface area (Å²) in [5, 5.41) is 2.84. The number of hydrogen-bond donors (Lipinski definition) is 2. The molecule has 0 spiro atoms. The Morgan fingerprint density at radius 1 is 1.39 bits per heavy atom. The molecule has 0 saturated carbocycles. The van der Waals surface area contributed by atoms with Gasteiger partial charge in [0.2, 0.25) is 5.91 Å². The molecule has 0 heterocycles. The van der Waals surface area contributed by atoms with Crippen LogP contribution < -0.4 is 15.8 Å². The molecule has 0 aliphatic heterocycles. The highest BCUT2D eigenvalue weighted by atomic mass is 16.5. The molecule has 100 valence electrons. The third-order valence-corrected chi connectivity index (χ3v) is 2.83. The molecule has 0 unspecified atom stereocenters. The number of methoxy groups -OCH3 is 1. The van der Waals surface area contributed by atoms with Crippen LogP contribution in [0.15, 0.2) is 24.3 Å². The Bertz CT molecular complexity index is 363. The first-order chi connectivity index (χ1) is 8.67. The molecule has 0 fully saturated rings. The van der Waals surface area contributed by atoms with E-state index in [2.05, 4.69) is 12.2 Å². The monoisotopic (exact) mass is 250 g/mol. The van der Waals surface area contributed by atoms with Gasteiger partial charge >= 0.3 is 0 Å². The third kappa shape index (κ3) is 4.75. The van der Waals surface area contributed by atoms with E-state index in [-0.39, 0.29) is 5.91 Å². The molecule has 1 rings (SSSR count). The predicted octanol–water partition coefficient (Wildman–Crippen LogP) is 1.83. The fourth-order valence-corrected chi connectivity index (χ4v) is 1.62. The summed E-state index contributed by atoms with van der Waals surface area (Å²) in [4.78, 5) is 11.7. The maximum Gasteiger partial charge on any atom is 0.237 e. The summed E-state index contributed by atoms with van der Waals surface area (Å²) < 4.78 is 5.07. The van der Waals surface area contributed by atoms with E-state index in [0.29, 0.717) is 6.54 Å². The van der Waals surface area contributed by atoms with Crippen LogP contribution in [-0.2, 0) is 11.3 Å². The molecule has 1 aromatic rings. The van der Waals surface area contributed by atoms with Crippen LogP contribution in [-0.4, -0.2) is 19.1 Å². The van der Waals surface area contributed by atoms with Gasteiger partial charge in [-0.05, 0) is 24.1 Å². The lowest BCUT2D eigenvalue weighted by molar-refractivity contribution is -0.122. The summed E-state index contributed by atoms with van der Waals surface area (Å²) in [6.45, 7) is 2.59. The van der Waals surface area contributed by atoms with Crippen LogP contribution in [0.1, 0.15) is 31.7 Å². The molecule has 4 heteroatoms. The molecule has 0 aliphatic carbocycles. The largest absolute Gasteiger partial charge is 0.497 e. The zero-order valence-corrected chi connectivity index (χ0v) is 11.1. The van der Waals surface area contributed by atoms with Crippen LogP contribution in [0, 0.1) is 0 Å². The first-order valence-corrected chi connectivity index (χ1v) is 6.33. The summed E-state index contributed by atoms with van der Waals surface area (Å²) in [5.74, 6) is 0.726. The van der Waals surface area contributed by atoms with Gasteiger partial charge in [0.1, 0.15) is 5.75 Å². The average molecular weight is 250 g/mol. The van der Waals surface area contributed by atoms with Gasteiger partial charge in [0.25, 0.3) is 0 Å². The van der Waals surface area contributed by atoms with Gasteiger partial charge in [-0.15, -0.1) is 0 Å². The number of amides is 1.